The van der Waals surface area contributed by atoms with Crippen molar-refractivity contribution in [3.63, 3.8) is 0 Å². The molecule has 1 N–H and O–H groups in total. The number of benzene rings is 1. The van der Waals surface area contributed by atoms with Gasteiger partial charge in [-0.3, -0.25) is 0 Å². The lowest BCUT2D eigenvalue weighted by molar-refractivity contribution is 0.0692. The number of hydrogen-bond donors (Lipinski definition) is 1. The summed E-state index contributed by atoms with van der Waals surface area (Å²) in [5.74, 6) is -0.717. The lowest BCUT2D eigenvalue weighted by Crippen LogP contribution is -2.14. The molecule has 0 aliphatic carbocycles. The fourth-order valence-electron chi connectivity index (χ4n) is 1.27. The summed E-state index contributed by atoms with van der Waals surface area (Å²) >= 11 is 3.21. The molecule has 18 heavy (non-hydrogen) atoms. The van der Waals surface area contributed by atoms with Gasteiger partial charge in [-0.15, -0.1) is 0 Å². The maximum absolute atomic E-state index is 11.0. The van der Waals surface area contributed by atoms with Crippen LogP contribution in [-0.2, 0) is 0 Å². The molecule has 0 bridgehead atoms. The van der Waals surface area contributed by atoms with E-state index >= 15 is 0 Å². The number of rotatable bonds is 5. The van der Waals surface area contributed by atoms with Gasteiger partial charge in [0.25, 0.3) is 0 Å². The minimum atomic E-state index is -1.04. The lowest BCUT2D eigenvalue weighted by Gasteiger charge is -2.16. The first-order chi connectivity index (χ1) is 8.35. The number of hydrogen-bond acceptors (Lipinski definition) is 3. The zero-order chi connectivity index (χ0) is 13.8. The second-order valence-electron chi connectivity index (χ2n) is 4.54. The maximum Gasteiger partial charge on any atom is 0.339 e. The highest BCUT2D eigenvalue weighted by Gasteiger charge is 2.17. The van der Waals surface area contributed by atoms with Gasteiger partial charge in [0, 0.05) is 4.47 Å². The third kappa shape index (κ3) is 4.04. The molecule has 0 saturated carbocycles. The van der Waals surface area contributed by atoms with Crippen molar-refractivity contribution in [1.29, 1.82) is 5.26 Å². The van der Waals surface area contributed by atoms with E-state index in [4.69, 9.17) is 15.1 Å². The van der Waals surface area contributed by atoms with Gasteiger partial charge in [-0.05, 0) is 38.5 Å². The molecule has 0 aliphatic rings. The van der Waals surface area contributed by atoms with Crippen molar-refractivity contribution in [1.82, 2.24) is 0 Å². The Morgan fingerprint density at radius 3 is 2.78 bits per heavy atom. The number of carboxylic acid groups (broad SMARTS) is 1. The number of ether oxygens (including phenoxy) is 1. The fourth-order valence-corrected chi connectivity index (χ4v) is 1.63. The SMILES string of the molecule is CC(C)(C#N)CCOc1ccc(Br)cc1C(=O)O. The Kier molecular flexibility index (Phi) is 4.74. The summed E-state index contributed by atoms with van der Waals surface area (Å²) < 4.78 is 6.12. The van der Waals surface area contributed by atoms with Crippen molar-refractivity contribution in [2.75, 3.05) is 6.61 Å². The van der Waals surface area contributed by atoms with Crippen molar-refractivity contribution in [3.8, 4) is 11.8 Å². The zero-order valence-electron chi connectivity index (χ0n) is 10.2. The number of carbonyl (C=O) groups is 1. The standard InChI is InChI=1S/C13H14BrNO3/c1-13(2,8-15)5-6-18-11-4-3-9(14)7-10(11)12(16)17/h3-4,7H,5-6H2,1-2H3,(H,16,17). The second-order valence-corrected chi connectivity index (χ2v) is 5.46. The van der Waals surface area contributed by atoms with E-state index < -0.39 is 11.4 Å². The van der Waals surface area contributed by atoms with Gasteiger partial charge in [-0.2, -0.15) is 5.26 Å². The third-order valence-electron chi connectivity index (χ3n) is 2.46. The first-order valence-electron chi connectivity index (χ1n) is 5.42. The van der Waals surface area contributed by atoms with E-state index in [-0.39, 0.29) is 5.56 Å². The molecule has 0 aromatic heterocycles. The molecule has 0 saturated heterocycles. The van der Waals surface area contributed by atoms with Crippen LogP contribution in [0.5, 0.6) is 5.75 Å². The van der Waals surface area contributed by atoms with Crippen LogP contribution >= 0.6 is 15.9 Å². The molecule has 0 radical (unpaired) electrons. The summed E-state index contributed by atoms with van der Waals surface area (Å²) in [5.41, 5.74) is -0.363. The number of halogens is 1. The highest BCUT2D eigenvalue weighted by Crippen LogP contribution is 2.25. The molecule has 0 heterocycles. The van der Waals surface area contributed by atoms with Gasteiger partial charge in [-0.1, -0.05) is 15.9 Å². The quantitative estimate of drug-likeness (QED) is 0.904. The van der Waals surface area contributed by atoms with E-state index in [1.54, 1.807) is 12.1 Å². The average molecular weight is 312 g/mol. The molecule has 1 aromatic carbocycles. The molecule has 0 amide bonds. The maximum atomic E-state index is 11.0. The van der Waals surface area contributed by atoms with Crippen LogP contribution < -0.4 is 4.74 Å². The van der Waals surface area contributed by atoms with E-state index in [1.807, 2.05) is 13.8 Å². The van der Waals surface area contributed by atoms with Crippen LogP contribution in [0.15, 0.2) is 22.7 Å². The van der Waals surface area contributed by atoms with Gasteiger partial charge in [0.15, 0.2) is 0 Å². The second kappa shape index (κ2) is 5.87. The Bertz CT molecular complexity index is 491. The number of carboxylic acids is 1. The van der Waals surface area contributed by atoms with Gasteiger partial charge in [0.05, 0.1) is 18.1 Å². The minimum Gasteiger partial charge on any atom is -0.493 e. The van der Waals surface area contributed by atoms with Crippen LogP contribution in [0.2, 0.25) is 0 Å². The zero-order valence-corrected chi connectivity index (χ0v) is 11.8. The van der Waals surface area contributed by atoms with Gasteiger partial charge < -0.3 is 9.84 Å². The molecular formula is C13H14BrNO3. The molecule has 96 valence electrons. The minimum absolute atomic E-state index is 0.110. The fraction of sp³-hybridized carbons (Fsp3) is 0.385. The van der Waals surface area contributed by atoms with Crippen molar-refractivity contribution >= 4 is 21.9 Å². The van der Waals surface area contributed by atoms with Crippen LogP contribution in [0.1, 0.15) is 30.6 Å². The summed E-state index contributed by atoms with van der Waals surface area (Å²) in [7, 11) is 0. The van der Waals surface area contributed by atoms with Gasteiger partial charge >= 0.3 is 5.97 Å². The smallest absolute Gasteiger partial charge is 0.339 e. The number of nitriles is 1. The Morgan fingerprint density at radius 1 is 1.56 bits per heavy atom. The predicted molar refractivity (Wildman–Crippen MR) is 70.6 cm³/mol. The van der Waals surface area contributed by atoms with Crippen LogP contribution in [0.4, 0.5) is 0 Å². The number of aromatic carboxylic acids is 1. The lowest BCUT2D eigenvalue weighted by atomic mass is 9.92. The first kappa shape index (κ1) is 14.5. The first-order valence-corrected chi connectivity index (χ1v) is 6.22. The van der Waals surface area contributed by atoms with Gasteiger partial charge in [-0.25, -0.2) is 4.79 Å². The molecular weight excluding hydrogens is 298 g/mol. The van der Waals surface area contributed by atoms with Crippen molar-refractivity contribution < 1.29 is 14.6 Å². The summed E-state index contributed by atoms with van der Waals surface area (Å²) in [6.45, 7) is 3.94. The Balaban J connectivity index is 2.74. The molecule has 0 fully saturated rings. The molecule has 0 atom stereocenters. The average Bonchev–Trinajstić information content (AvgIpc) is 2.30. The van der Waals surface area contributed by atoms with E-state index in [0.29, 0.717) is 23.2 Å². The van der Waals surface area contributed by atoms with Crippen molar-refractivity contribution in [2.45, 2.75) is 20.3 Å². The number of nitrogens with zero attached hydrogens (tertiary/aromatic N) is 1. The predicted octanol–water partition coefficient (Wildman–Crippen LogP) is 3.47. The molecule has 4 nitrogen and oxygen atoms in total. The topological polar surface area (TPSA) is 70.3 Å². The summed E-state index contributed by atoms with van der Waals surface area (Å²) in [6, 6.07) is 6.99. The molecule has 5 heteroatoms. The Labute approximate surface area is 114 Å². The van der Waals surface area contributed by atoms with Crippen LogP contribution in [0.25, 0.3) is 0 Å². The van der Waals surface area contributed by atoms with Crippen LogP contribution in [0, 0.1) is 16.7 Å². The highest BCUT2D eigenvalue weighted by atomic mass is 79.9. The third-order valence-corrected chi connectivity index (χ3v) is 2.95. The van der Waals surface area contributed by atoms with Gasteiger partial charge in [0.2, 0.25) is 0 Å². The summed E-state index contributed by atoms with van der Waals surface area (Å²) in [6.07, 6.45) is 0.540. The Morgan fingerprint density at radius 2 is 2.22 bits per heavy atom. The highest BCUT2D eigenvalue weighted by molar-refractivity contribution is 9.10. The molecule has 0 unspecified atom stereocenters. The molecule has 0 spiro atoms. The van der Waals surface area contributed by atoms with E-state index in [2.05, 4.69) is 22.0 Å². The van der Waals surface area contributed by atoms with Crippen LogP contribution in [-0.4, -0.2) is 17.7 Å². The summed E-state index contributed by atoms with van der Waals surface area (Å²) in [5, 5.41) is 17.9. The summed E-state index contributed by atoms with van der Waals surface area (Å²) in [4.78, 5) is 11.0. The normalized spacial score (nSPS) is 10.8. The van der Waals surface area contributed by atoms with Gasteiger partial charge in [0.1, 0.15) is 11.3 Å². The van der Waals surface area contributed by atoms with E-state index in [9.17, 15) is 4.79 Å². The Hall–Kier alpha value is -1.54. The van der Waals surface area contributed by atoms with E-state index in [0.717, 1.165) is 0 Å². The molecule has 1 rings (SSSR count). The monoisotopic (exact) mass is 311 g/mol. The molecule has 0 aliphatic heterocycles. The van der Waals surface area contributed by atoms with Crippen LogP contribution in [0.3, 0.4) is 0 Å². The van der Waals surface area contributed by atoms with Crippen molar-refractivity contribution in [2.24, 2.45) is 5.41 Å². The largest absolute Gasteiger partial charge is 0.493 e. The molecule has 1 aromatic rings. The van der Waals surface area contributed by atoms with Crippen molar-refractivity contribution in [3.05, 3.63) is 28.2 Å². The van der Waals surface area contributed by atoms with E-state index in [1.165, 1.54) is 6.07 Å².